The predicted octanol–water partition coefficient (Wildman–Crippen LogP) is 4.74. The summed E-state index contributed by atoms with van der Waals surface area (Å²) in [5.74, 6) is 1.64. The van der Waals surface area contributed by atoms with Crippen LogP contribution in [0, 0.1) is 0 Å². The van der Waals surface area contributed by atoms with Gasteiger partial charge in [0.15, 0.2) is 0 Å². The van der Waals surface area contributed by atoms with Gasteiger partial charge in [-0.05, 0) is 64.4 Å². The zero-order valence-corrected chi connectivity index (χ0v) is 16.1. The molecule has 1 fully saturated rings. The third kappa shape index (κ3) is 3.27. The fraction of sp³-hybridized carbons (Fsp3) is 0.526. The first-order valence-electron chi connectivity index (χ1n) is 9.13. The van der Waals surface area contributed by atoms with Gasteiger partial charge in [-0.3, -0.25) is 0 Å². The lowest BCUT2D eigenvalue weighted by molar-refractivity contribution is 0.252. The molecule has 0 amide bonds. The summed E-state index contributed by atoms with van der Waals surface area (Å²) in [5.41, 5.74) is 3.50. The Morgan fingerprint density at radius 2 is 1.96 bits per heavy atom. The first-order valence-corrected chi connectivity index (χ1v) is 9.89. The van der Waals surface area contributed by atoms with Crippen LogP contribution in [0.2, 0.25) is 10.0 Å². The summed E-state index contributed by atoms with van der Waals surface area (Å²) in [6, 6.07) is 5.75. The van der Waals surface area contributed by atoms with Crippen molar-refractivity contribution < 1.29 is 0 Å². The topological polar surface area (TPSA) is 33.1 Å². The van der Waals surface area contributed by atoms with Gasteiger partial charge in [-0.25, -0.2) is 4.68 Å². The van der Waals surface area contributed by atoms with Crippen LogP contribution < -0.4 is 5.32 Å². The number of halogens is 2. The second kappa shape index (κ2) is 7.18. The summed E-state index contributed by atoms with van der Waals surface area (Å²) in [6.07, 6.45) is 5.81. The number of anilines is 1. The molecule has 3 heterocycles. The Hall–Kier alpha value is -1.23. The average Bonchev–Trinajstić information content (AvgIpc) is 2.80. The highest BCUT2D eigenvalue weighted by atomic mass is 35.5. The number of fused-ring (bicyclic) bond motifs is 1. The molecule has 6 heteroatoms. The fourth-order valence-electron chi connectivity index (χ4n) is 3.97. The molecule has 0 radical (unpaired) electrons. The molecule has 2 aromatic rings. The van der Waals surface area contributed by atoms with Gasteiger partial charge in [0.25, 0.3) is 0 Å². The molecule has 0 saturated carbocycles. The molecular formula is C19H24Cl2N4. The minimum atomic E-state index is 0.532. The number of rotatable bonds is 2. The minimum absolute atomic E-state index is 0.532. The first kappa shape index (κ1) is 17.2. The number of nitrogens with one attached hydrogen (secondary N) is 1. The van der Waals surface area contributed by atoms with Crippen molar-refractivity contribution in [3.05, 3.63) is 39.5 Å². The van der Waals surface area contributed by atoms with E-state index < -0.39 is 0 Å². The number of hydrogen-bond acceptors (Lipinski definition) is 3. The van der Waals surface area contributed by atoms with Crippen molar-refractivity contribution in [2.24, 2.45) is 0 Å². The molecule has 1 saturated heterocycles. The van der Waals surface area contributed by atoms with E-state index in [4.69, 9.17) is 28.3 Å². The SMILES string of the molecule is CN1CCC(c2nn(-c3cccc(Cl)c3Cl)c3c2CCCCN3)CC1. The van der Waals surface area contributed by atoms with E-state index in [1.54, 1.807) is 0 Å². The molecule has 4 nitrogen and oxygen atoms in total. The molecule has 0 aliphatic carbocycles. The number of likely N-dealkylation sites (tertiary alicyclic amines) is 1. The second-order valence-electron chi connectivity index (χ2n) is 7.16. The molecule has 0 unspecified atom stereocenters. The quantitative estimate of drug-likeness (QED) is 0.819. The van der Waals surface area contributed by atoms with Gasteiger partial charge in [0, 0.05) is 18.0 Å². The van der Waals surface area contributed by atoms with Gasteiger partial charge in [-0.15, -0.1) is 0 Å². The number of nitrogens with zero attached hydrogens (tertiary/aromatic N) is 3. The van der Waals surface area contributed by atoms with Crippen LogP contribution >= 0.6 is 23.2 Å². The van der Waals surface area contributed by atoms with Crippen molar-refractivity contribution in [3.63, 3.8) is 0 Å². The molecule has 0 spiro atoms. The Labute approximate surface area is 159 Å². The lowest BCUT2D eigenvalue weighted by Crippen LogP contribution is -2.29. The Balaban J connectivity index is 1.81. The lowest BCUT2D eigenvalue weighted by atomic mass is 9.90. The van der Waals surface area contributed by atoms with Gasteiger partial charge in [-0.1, -0.05) is 29.3 Å². The summed E-state index contributed by atoms with van der Waals surface area (Å²) in [5, 5.41) is 9.78. The molecule has 2 aliphatic rings. The van der Waals surface area contributed by atoms with Gasteiger partial charge < -0.3 is 10.2 Å². The van der Waals surface area contributed by atoms with Gasteiger partial charge in [0.2, 0.25) is 0 Å². The molecule has 25 heavy (non-hydrogen) atoms. The Morgan fingerprint density at radius 1 is 1.16 bits per heavy atom. The summed E-state index contributed by atoms with van der Waals surface area (Å²) < 4.78 is 1.99. The van der Waals surface area contributed by atoms with Crippen molar-refractivity contribution in [1.29, 1.82) is 0 Å². The number of benzene rings is 1. The van der Waals surface area contributed by atoms with Crippen molar-refractivity contribution in [3.8, 4) is 5.69 Å². The number of aromatic nitrogens is 2. The molecule has 4 rings (SSSR count). The molecular weight excluding hydrogens is 355 g/mol. The average molecular weight is 379 g/mol. The third-order valence-corrected chi connectivity index (χ3v) is 6.23. The maximum absolute atomic E-state index is 6.50. The van der Waals surface area contributed by atoms with Crippen LogP contribution in [0.15, 0.2) is 18.2 Å². The van der Waals surface area contributed by atoms with Gasteiger partial charge in [0.05, 0.1) is 21.4 Å². The van der Waals surface area contributed by atoms with E-state index >= 15 is 0 Å². The smallest absolute Gasteiger partial charge is 0.133 e. The molecule has 1 N–H and O–H groups in total. The van der Waals surface area contributed by atoms with E-state index in [9.17, 15) is 0 Å². The normalized spacial score (nSPS) is 19.3. The van der Waals surface area contributed by atoms with Crippen LogP contribution in [-0.2, 0) is 6.42 Å². The van der Waals surface area contributed by atoms with E-state index in [-0.39, 0.29) is 0 Å². The van der Waals surface area contributed by atoms with Crippen LogP contribution in [0.5, 0.6) is 0 Å². The maximum Gasteiger partial charge on any atom is 0.133 e. The van der Waals surface area contributed by atoms with Gasteiger partial charge >= 0.3 is 0 Å². The van der Waals surface area contributed by atoms with Crippen molar-refractivity contribution in [2.45, 2.75) is 38.0 Å². The highest BCUT2D eigenvalue weighted by Crippen LogP contribution is 2.38. The van der Waals surface area contributed by atoms with E-state index in [1.807, 2.05) is 22.9 Å². The lowest BCUT2D eigenvalue weighted by Gasteiger charge is -2.28. The molecule has 2 aliphatic heterocycles. The summed E-state index contributed by atoms with van der Waals surface area (Å²) in [7, 11) is 2.20. The predicted molar refractivity (Wildman–Crippen MR) is 104 cm³/mol. The highest BCUT2D eigenvalue weighted by Gasteiger charge is 2.28. The van der Waals surface area contributed by atoms with E-state index in [0.29, 0.717) is 16.0 Å². The maximum atomic E-state index is 6.50. The van der Waals surface area contributed by atoms with Crippen LogP contribution in [0.1, 0.15) is 42.9 Å². The minimum Gasteiger partial charge on any atom is -0.370 e. The monoisotopic (exact) mass is 378 g/mol. The summed E-state index contributed by atoms with van der Waals surface area (Å²) in [4.78, 5) is 2.40. The van der Waals surface area contributed by atoms with Gasteiger partial charge in [-0.2, -0.15) is 5.10 Å². The summed E-state index contributed by atoms with van der Waals surface area (Å²) in [6.45, 7) is 3.25. The molecule has 1 aromatic heterocycles. The number of piperidine rings is 1. The van der Waals surface area contributed by atoms with Gasteiger partial charge in [0.1, 0.15) is 5.82 Å². The zero-order chi connectivity index (χ0) is 17.4. The first-order chi connectivity index (χ1) is 12.1. The third-order valence-electron chi connectivity index (χ3n) is 5.43. The second-order valence-corrected chi connectivity index (χ2v) is 7.94. The fourth-order valence-corrected chi connectivity index (χ4v) is 4.34. The largest absolute Gasteiger partial charge is 0.370 e. The zero-order valence-electron chi connectivity index (χ0n) is 14.6. The van der Waals surface area contributed by atoms with E-state index in [2.05, 4.69) is 17.3 Å². The van der Waals surface area contributed by atoms with Crippen molar-refractivity contribution in [2.75, 3.05) is 32.0 Å². The van der Waals surface area contributed by atoms with Crippen LogP contribution in [0.3, 0.4) is 0 Å². The Bertz CT molecular complexity index is 763. The van der Waals surface area contributed by atoms with Crippen molar-refractivity contribution >= 4 is 29.0 Å². The van der Waals surface area contributed by atoms with Crippen LogP contribution in [-0.4, -0.2) is 41.4 Å². The Morgan fingerprint density at radius 3 is 2.76 bits per heavy atom. The van der Waals surface area contributed by atoms with E-state index in [0.717, 1.165) is 37.6 Å². The van der Waals surface area contributed by atoms with E-state index in [1.165, 1.54) is 36.9 Å². The van der Waals surface area contributed by atoms with Crippen LogP contribution in [0.4, 0.5) is 5.82 Å². The molecule has 134 valence electrons. The number of hydrogen-bond donors (Lipinski definition) is 1. The molecule has 0 bridgehead atoms. The molecule has 0 atom stereocenters. The Kier molecular flexibility index (Phi) is 4.94. The van der Waals surface area contributed by atoms with Crippen LogP contribution in [0.25, 0.3) is 5.69 Å². The molecule has 1 aromatic carbocycles. The van der Waals surface area contributed by atoms with Crippen molar-refractivity contribution in [1.82, 2.24) is 14.7 Å². The summed E-state index contributed by atoms with van der Waals surface area (Å²) >= 11 is 12.7. The highest BCUT2D eigenvalue weighted by molar-refractivity contribution is 6.43. The standard InChI is InChI=1S/C19H24Cl2N4/c1-24-11-8-13(9-12-24)18-14-5-2-3-10-22-19(14)25(23-18)16-7-4-6-15(20)17(16)21/h4,6-7,13,22H,2-3,5,8-12H2,1H3.